The van der Waals surface area contributed by atoms with Gasteiger partial charge in [-0.1, -0.05) is 46.4 Å². The van der Waals surface area contributed by atoms with Crippen molar-refractivity contribution >= 4 is 109 Å². The van der Waals surface area contributed by atoms with Crippen LogP contribution in [0.25, 0.3) is 11.5 Å². The van der Waals surface area contributed by atoms with Gasteiger partial charge < -0.3 is 58.4 Å². The van der Waals surface area contributed by atoms with E-state index in [0.29, 0.717) is 52.8 Å². The van der Waals surface area contributed by atoms with Crippen molar-refractivity contribution in [1.29, 1.82) is 0 Å². The van der Waals surface area contributed by atoms with Gasteiger partial charge in [0.05, 0.1) is 10.0 Å². The van der Waals surface area contributed by atoms with Gasteiger partial charge in [-0.2, -0.15) is 22.9 Å². The van der Waals surface area contributed by atoms with E-state index in [2.05, 4.69) is 25.3 Å². The van der Waals surface area contributed by atoms with E-state index >= 15 is 0 Å². The van der Waals surface area contributed by atoms with Crippen molar-refractivity contribution in [2.75, 3.05) is 26.2 Å². The summed E-state index contributed by atoms with van der Waals surface area (Å²) in [6.45, 7) is 3.83. The van der Waals surface area contributed by atoms with Crippen LogP contribution >= 0.6 is 71.7 Å². The van der Waals surface area contributed by atoms with Crippen LogP contribution in [-0.2, 0) is 73.8 Å². The monoisotopic (exact) mass is 784 g/mol. The van der Waals surface area contributed by atoms with Crippen LogP contribution in [0.3, 0.4) is 0 Å². The summed E-state index contributed by atoms with van der Waals surface area (Å²) in [7, 11) is 0. The van der Waals surface area contributed by atoms with Crippen LogP contribution in [0.1, 0.15) is 13.8 Å². The van der Waals surface area contributed by atoms with Crippen molar-refractivity contribution in [1.82, 2.24) is 0 Å². The molecule has 0 aromatic heterocycles. The predicted octanol–water partition coefficient (Wildman–Crippen LogP) is 6.55. The minimum Gasteiger partial charge on any atom is -0.780 e. The quantitative estimate of drug-likeness (QED) is 0.113. The van der Waals surface area contributed by atoms with Crippen molar-refractivity contribution in [2.24, 2.45) is 11.5 Å². The Balaban J connectivity index is -0.0000000854. The Morgan fingerprint density at radius 3 is 1.08 bits per heavy atom. The number of benzene rings is 2. The Kier molecular flexibility index (Phi) is 46.0. The number of carboxylic acids is 2. The van der Waals surface area contributed by atoms with Gasteiger partial charge in [0, 0.05) is 85.7 Å². The Labute approximate surface area is 291 Å². The average Bonchev–Trinajstić information content (AvgIpc) is 2.81. The summed E-state index contributed by atoms with van der Waals surface area (Å²) >= 11 is 40.6. The Morgan fingerprint density at radius 1 is 0.737 bits per heavy atom. The molecule has 0 atom stereocenters. The summed E-state index contributed by atoms with van der Waals surface area (Å²) < 4.78 is 0. The van der Waals surface area contributed by atoms with Crippen molar-refractivity contribution in [2.45, 2.75) is 33.4 Å². The molecule has 0 spiro atoms. The van der Waals surface area contributed by atoms with E-state index in [1.807, 2.05) is 0 Å². The number of carbonyl (C=O) groups is 2. The molecule has 2 aromatic rings. The molecule has 18 heteroatoms. The van der Waals surface area contributed by atoms with E-state index in [-0.39, 0.29) is 52.0 Å². The van der Waals surface area contributed by atoms with E-state index < -0.39 is 11.9 Å². The molecule has 0 saturated carbocycles. The largest absolute Gasteiger partial charge is 0.780 e. The first-order valence-corrected chi connectivity index (χ1v) is 12.5. The number of carboxylic acid groups (broad SMARTS) is 2. The molecule has 0 aliphatic rings. The van der Waals surface area contributed by atoms with Gasteiger partial charge in [0.2, 0.25) is 0 Å². The second-order valence-electron chi connectivity index (χ2n) is 5.53. The maximum absolute atomic E-state index is 9.00. The van der Waals surface area contributed by atoms with Gasteiger partial charge in [0.25, 0.3) is 11.9 Å². The van der Waals surface area contributed by atoms with Crippen LogP contribution in [0.4, 0.5) is 0 Å². The molecule has 0 radical (unpaired) electrons. The van der Waals surface area contributed by atoms with Crippen molar-refractivity contribution in [3.63, 3.8) is 0 Å². The second-order valence-corrected chi connectivity index (χ2v) is 8.87. The maximum atomic E-state index is 9.00. The van der Waals surface area contributed by atoms with E-state index in [4.69, 9.17) is 114 Å². The number of nitrogens with two attached hydrogens (primary N) is 2. The van der Waals surface area contributed by atoms with Crippen LogP contribution in [0, 0.1) is 0 Å². The molecule has 0 amide bonds. The smallest absolute Gasteiger partial charge is 0.300 e. The molecule has 8 nitrogen and oxygen atoms in total. The average molecular weight is 789 g/mol. The van der Waals surface area contributed by atoms with Gasteiger partial charge in [-0.15, -0.1) is 25.3 Å². The first-order valence-electron chi connectivity index (χ1n) is 9.31. The molecule has 2 rings (SSSR count). The van der Waals surface area contributed by atoms with Crippen molar-refractivity contribution in [3.8, 4) is 0 Å². The van der Waals surface area contributed by atoms with Gasteiger partial charge in [-0.05, 0) is 24.3 Å². The molecule has 2 aromatic carbocycles. The normalized spacial score (nSPS) is 8.11. The van der Waals surface area contributed by atoms with Gasteiger partial charge in [-0.25, -0.2) is 0 Å². The fourth-order valence-corrected chi connectivity index (χ4v) is 2.66. The van der Waals surface area contributed by atoms with Crippen LogP contribution in [0.15, 0.2) is 43.8 Å². The summed E-state index contributed by atoms with van der Waals surface area (Å²) in [5.41, 5.74) is 22.3. The number of thiol groups is 2. The second kappa shape index (κ2) is 34.0. The zero-order chi connectivity index (χ0) is 29.4. The zero-order valence-electron chi connectivity index (χ0n) is 20.6. The SMILES string of the molecule is CC(=O)O.CC(=O)O.NCCN.Sc1c(Cl)ccc(Cl)c1S.[NH-]CC[NH-].[S-]c1c(Cl)ccc(Cl)c1[S-].[Zn].[Zn]. The summed E-state index contributed by atoms with van der Waals surface area (Å²) in [5, 5.41) is 16.9. The van der Waals surface area contributed by atoms with E-state index in [1.54, 1.807) is 24.3 Å². The molecule has 212 valence electrons. The van der Waals surface area contributed by atoms with E-state index in [9.17, 15) is 0 Å². The van der Waals surface area contributed by atoms with Gasteiger partial charge in [0.15, 0.2) is 0 Å². The fraction of sp³-hybridized carbons (Fsp3) is 0.300. The van der Waals surface area contributed by atoms with Crippen LogP contribution < -0.4 is 11.5 Å². The van der Waals surface area contributed by atoms with Crippen LogP contribution in [0.5, 0.6) is 0 Å². The van der Waals surface area contributed by atoms with Crippen molar-refractivity contribution in [3.05, 3.63) is 55.8 Å². The van der Waals surface area contributed by atoms with Gasteiger partial charge in [-0.3, -0.25) is 9.59 Å². The summed E-state index contributed by atoms with van der Waals surface area (Å²) in [5.74, 6) is -1.67. The molecule has 0 unspecified atom stereocenters. The summed E-state index contributed by atoms with van der Waals surface area (Å²) in [6, 6.07) is 6.65. The number of aliphatic carboxylic acids is 2. The standard InChI is InChI=1S/2C6H4Cl2S2.C2H8N2.C2H6N2.2C2H4O2.2Zn/c2*7-3-1-2-4(8)6(10)5(3)9;2*3-1-2-4;2*1-2(3)4;;/h2*1-2,9-10H;1-4H2;3-4H,1-2H2;2*1H3,(H,3,4);;/q;;;-2;;;;/p-2. The Hall–Kier alpha value is 0.767. The number of rotatable bonds is 2. The topological polar surface area (TPSA) is 174 Å². The fourth-order valence-electron chi connectivity index (χ4n) is 1.05. The first-order chi connectivity index (χ1) is 16.5. The zero-order valence-corrected chi connectivity index (χ0v) is 33.0. The molecule has 38 heavy (non-hydrogen) atoms. The molecule has 0 aliphatic carbocycles. The van der Waals surface area contributed by atoms with Crippen molar-refractivity contribution < 1.29 is 58.8 Å². The van der Waals surface area contributed by atoms with E-state index in [0.717, 1.165) is 13.8 Å². The third-order valence-electron chi connectivity index (χ3n) is 2.36. The molecular weight excluding hydrogens is 761 g/mol. The Bertz CT molecular complexity index is 775. The molecule has 0 bridgehead atoms. The molecule has 0 aliphatic heterocycles. The number of hydrogen-bond acceptors (Lipinski definition) is 8. The number of halogens is 4. The van der Waals surface area contributed by atoms with E-state index in [1.165, 1.54) is 0 Å². The van der Waals surface area contributed by atoms with Gasteiger partial charge in [0.1, 0.15) is 0 Å². The minimum atomic E-state index is -0.833. The molecule has 0 saturated heterocycles. The summed E-state index contributed by atoms with van der Waals surface area (Å²) in [6.07, 6.45) is 0. The number of nitrogens with one attached hydrogen (secondary N) is 2. The summed E-state index contributed by atoms with van der Waals surface area (Å²) in [4.78, 5) is 20.2. The third-order valence-corrected chi connectivity index (χ3v) is 6.19. The predicted molar refractivity (Wildman–Crippen MR) is 162 cm³/mol. The van der Waals surface area contributed by atoms with Gasteiger partial charge >= 0.3 is 0 Å². The molecular formula is C20H28Cl4N4O4S4Zn2-4. The molecule has 0 heterocycles. The van der Waals surface area contributed by atoms with Crippen LogP contribution in [-0.4, -0.2) is 48.3 Å². The molecule has 0 fully saturated rings. The van der Waals surface area contributed by atoms with Crippen LogP contribution in [0.2, 0.25) is 20.1 Å². The maximum Gasteiger partial charge on any atom is 0.300 e. The Morgan fingerprint density at radius 2 is 0.921 bits per heavy atom. The number of hydrogen-bond donors (Lipinski definition) is 6. The third kappa shape index (κ3) is 34.8. The first kappa shape index (κ1) is 51.5. The molecule has 8 N–H and O–H groups in total. The minimum absolute atomic E-state index is 0.